The van der Waals surface area contributed by atoms with E-state index in [0.29, 0.717) is 7.28 Å². The van der Waals surface area contributed by atoms with E-state index in [2.05, 4.69) is 37.3 Å². The number of rotatable bonds is 10. The minimum absolute atomic E-state index is 0.0337. The van der Waals surface area contributed by atoms with Crippen LogP contribution in [-0.4, -0.2) is 19.6 Å². The molecule has 0 heterocycles. The van der Waals surface area contributed by atoms with Gasteiger partial charge in [-0.05, 0) is 25.0 Å². The van der Waals surface area contributed by atoms with Gasteiger partial charge >= 0.3 is 0 Å². The van der Waals surface area contributed by atoms with Crippen molar-refractivity contribution in [3.63, 3.8) is 0 Å². The van der Waals surface area contributed by atoms with Crippen LogP contribution in [0.25, 0.3) is 0 Å². The molecule has 0 bridgehead atoms. The van der Waals surface area contributed by atoms with E-state index in [1.807, 2.05) is 25.1 Å². The van der Waals surface area contributed by atoms with E-state index >= 15 is 0 Å². The molecule has 0 saturated carbocycles. The fourth-order valence-electron chi connectivity index (χ4n) is 1.32. The first kappa shape index (κ1) is 18.0. The number of hydrogen-bond donors (Lipinski definition) is 2. The molecule has 4 heteroatoms. The molecule has 20 heavy (non-hydrogen) atoms. The zero-order valence-electron chi connectivity index (χ0n) is 12.7. The molecule has 0 rings (SSSR count). The molecular formula is C16H25BN2O. The molecule has 1 amide bonds. The van der Waals surface area contributed by atoms with E-state index < -0.39 is 0 Å². The predicted molar refractivity (Wildman–Crippen MR) is 90.0 cm³/mol. The maximum absolute atomic E-state index is 11.5. The summed E-state index contributed by atoms with van der Waals surface area (Å²) in [4.78, 5) is 11.5. The summed E-state index contributed by atoms with van der Waals surface area (Å²) in [5.74, 6) is 1.85. The topological polar surface area (TPSA) is 41.1 Å². The number of unbranched alkanes of at least 4 members (excludes halogenated alkanes) is 1. The number of amides is 1. The third-order valence-corrected chi connectivity index (χ3v) is 2.56. The Bertz CT molecular complexity index is 422. The molecule has 2 N–H and O–H groups in total. The Morgan fingerprint density at radius 1 is 1.35 bits per heavy atom. The van der Waals surface area contributed by atoms with Crippen LogP contribution in [0.3, 0.4) is 0 Å². The van der Waals surface area contributed by atoms with Gasteiger partial charge in [0.2, 0.25) is 0 Å². The van der Waals surface area contributed by atoms with Crippen molar-refractivity contribution in [2.45, 2.75) is 26.7 Å². The SMILES string of the molecule is C=C/C=C(\C=C/BC(=O)NCCCC)NC(=C)C(=C)C. The van der Waals surface area contributed by atoms with Crippen LogP contribution in [0, 0.1) is 0 Å². The van der Waals surface area contributed by atoms with Gasteiger partial charge in [-0.2, -0.15) is 0 Å². The molecule has 3 nitrogen and oxygen atoms in total. The monoisotopic (exact) mass is 272 g/mol. The summed E-state index contributed by atoms with van der Waals surface area (Å²) in [6, 6.07) is 0. The lowest BCUT2D eigenvalue weighted by Crippen LogP contribution is -2.27. The van der Waals surface area contributed by atoms with Crippen molar-refractivity contribution in [2.75, 3.05) is 6.54 Å². The van der Waals surface area contributed by atoms with Crippen LogP contribution in [0.4, 0.5) is 4.79 Å². The minimum atomic E-state index is 0.0337. The lowest BCUT2D eigenvalue weighted by atomic mass is 9.77. The third-order valence-electron chi connectivity index (χ3n) is 2.56. The third kappa shape index (κ3) is 9.03. The number of carbonyl (C=O) groups excluding carboxylic acids is 1. The Hall–Kier alpha value is -1.97. The zero-order valence-corrected chi connectivity index (χ0v) is 12.7. The Morgan fingerprint density at radius 3 is 2.60 bits per heavy atom. The molecule has 0 radical (unpaired) electrons. The molecule has 0 aromatic rings. The smallest absolute Gasteiger partial charge is 0.259 e. The maximum atomic E-state index is 11.5. The lowest BCUT2D eigenvalue weighted by molar-refractivity contribution is 0.259. The summed E-state index contributed by atoms with van der Waals surface area (Å²) in [7, 11) is 0.361. The summed E-state index contributed by atoms with van der Waals surface area (Å²) in [6.07, 6.45) is 7.43. The maximum Gasteiger partial charge on any atom is 0.259 e. The Labute approximate surface area is 123 Å². The second kappa shape index (κ2) is 10.9. The van der Waals surface area contributed by atoms with E-state index in [4.69, 9.17) is 0 Å². The number of allylic oxidation sites excluding steroid dienone is 4. The molecule has 0 spiro atoms. The molecule has 108 valence electrons. The van der Waals surface area contributed by atoms with Crippen LogP contribution in [0.2, 0.25) is 0 Å². The molecule has 0 aliphatic heterocycles. The van der Waals surface area contributed by atoms with Crippen LogP contribution >= 0.6 is 0 Å². The van der Waals surface area contributed by atoms with Crippen molar-refractivity contribution in [2.24, 2.45) is 0 Å². The molecule has 0 atom stereocenters. The summed E-state index contributed by atoms with van der Waals surface area (Å²) in [5, 5.41) is 5.99. The van der Waals surface area contributed by atoms with Gasteiger partial charge in [0.05, 0.1) is 0 Å². The van der Waals surface area contributed by atoms with E-state index in [1.54, 1.807) is 6.08 Å². The normalized spacial score (nSPS) is 11.0. The number of hydrogen-bond acceptors (Lipinski definition) is 2. The van der Waals surface area contributed by atoms with Crippen molar-refractivity contribution in [3.05, 3.63) is 60.9 Å². The fourth-order valence-corrected chi connectivity index (χ4v) is 1.32. The summed E-state index contributed by atoms with van der Waals surface area (Å²) in [6.45, 7) is 16.1. The lowest BCUT2D eigenvalue weighted by Gasteiger charge is -2.09. The quantitative estimate of drug-likeness (QED) is 0.364. The fraction of sp³-hybridized carbons (Fsp3) is 0.312. The number of carbonyl (C=O) groups is 1. The molecule has 0 fully saturated rings. The van der Waals surface area contributed by atoms with Gasteiger partial charge in [0, 0.05) is 17.9 Å². The van der Waals surface area contributed by atoms with Crippen LogP contribution in [0.5, 0.6) is 0 Å². The van der Waals surface area contributed by atoms with E-state index in [0.717, 1.165) is 36.4 Å². The Kier molecular flexibility index (Phi) is 9.84. The summed E-state index contributed by atoms with van der Waals surface area (Å²) in [5.41, 5.74) is 2.44. The van der Waals surface area contributed by atoms with Gasteiger partial charge in [-0.1, -0.05) is 45.2 Å². The van der Waals surface area contributed by atoms with Crippen molar-refractivity contribution in [1.82, 2.24) is 10.6 Å². The van der Waals surface area contributed by atoms with Gasteiger partial charge in [-0.15, -0.1) is 5.98 Å². The van der Waals surface area contributed by atoms with Crippen LogP contribution < -0.4 is 10.6 Å². The molecule has 0 saturated heterocycles. The first-order valence-corrected chi connectivity index (χ1v) is 6.89. The molecule has 0 aromatic heterocycles. The molecule has 0 aliphatic carbocycles. The van der Waals surface area contributed by atoms with Crippen molar-refractivity contribution < 1.29 is 4.79 Å². The van der Waals surface area contributed by atoms with Gasteiger partial charge in [0.1, 0.15) is 0 Å². The van der Waals surface area contributed by atoms with Gasteiger partial charge in [0.25, 0.3) is 7.28 Å². The highest BCUT2D eigenvalue weighted by Crippen LogP contribution is 2.04. The molecule has 0 aromatic carbocycles. The highest BCUT2D eigenvalue weighted by Gasteiger charge is 2.00. The average Bonchev–Trinajstić information content (AvgIpc) is 2.39. The van der Waals surface area contributed by atoms with Crippen molar-refractivity contribution >= 4 is 13.1 Å². The molecule has 0 unspecified atom stereocenters. The zero-order chi connectivity index (χ0) is 15.4. The Morgan fingerprint density at radius 2 is 2.05 bits per heavy atom. The second-order valence-corrected chi connectivity index (χ2v) is 4.55. The van der Waals surface area contributed by atoms with Gasteiger partial charge in [0.15, 0.2) is 5.81 Å². The van der Waals surface area contributed by atoms with Crippen LogP contribution in [-0.2, 0) is 0 Å². The minimum Gasteiger partial charge on any atom is -0.365 e. The first-order chi connectivity index (χ1) is 9.51. The predicted octanol–water partition coefficient (Wildman–Crippen LogP) is 3.20. The highest BCUT2D eigenvalue weighted by molar-refractivity contribution is 6.77. The highest BCUT2D eigenvalue weighted by atomic mass is 16.1. The van der Waals surface area contributed by atoms with Gasteiger partial charge < -0.3 is 10.6 Å². The van der Waals surface area contributed by atoms with Crippen molar-refractivity contribution in [3.8, 4) is 0 Å². The van der Waals surface area contributed by atoms with E-state index in [9.17, 15) is 4.79 Å². The van der Waals surface area contributed by atoms with E-state index in [1.165, 1.54) is 0 Å². The standard InChI is InChI=1S/C16H25BN2O/c1-6-8-12-18-16(20)17-11-10-15(9-7-2)19-14(5)13(3)4/h7,9-11,17,19H,2-3,5-6,8,12H2,1,4H3,(H,18,20)/b11-10-,15-9+. The van der Waals surface area contributed by atoms with Crippen LogP contribution in [0.1, 0.15) is 26.7 Å². The van der Waals surface area contributed by atoms with Crippen molar-refractivity contribution in [1.29, 1.82) is 0 Å². The molecular weight excluding hydrogens is 247 g/mol. The largest absolute Gasteiger partial charge is 0.365 e. The van der Waals surface area contributed by atoms with Gasteiger partial charge in [-0.3, -0.25) is 4.79 Å². The average molecular weight is 272 g/mol. The number of nitrogens with one attached hydrogen (secondary N) is 2. The van der Waals surface area contributed by atoms with Crippen LogP contribution in [0.15, 0.2) is 60.9 Å². The Balaban J connectivity index is 4.32. The van der Waals surface area contributed by atoms with E-state index in [-0.39, 0.29) is 5.81 Å². The summed E-state index contributed by atoms with van der Waals surface area (Å²) < 4.78 is 0. The molecule has 0 aliphatic rings. The second-order valence-electron chi connectivity index (χ2n) is 4.55. The first-order valence-electron chi connectivity index (χ1n) is 6.89. The van der Waals surface area contributed by atoms with Gasteiger partial charge in [-0.25, -0.2) is 0 Å². The summed E-state index contributed by atoms with van der Waals surface area (Å²) >= 11 is 0.